The Labute approximate surface area is 116 Å². The number of hydrogen-bond donors (Lipinski definition) is 1. The number of halogens is 3. The van der Waals surface area contributed by atoms with Crippen molar-refractivity contribution in [3.63, 3.8) is 0 Å². The molecular formula is C16H16F3N. The molecule has 0 aliphatic heterocycles. The second-order valence-electron chi connectivity index (χ2n) is 4.66. The summed E-state index contributed by atoms with van der Waals surface area (Å²) in [4.78, 5) is 0. The smallest absolute Gasteiger partial charge is 0.195 e. The molecule has 0 atom stereocenters. The third-order valence-electron chi connectivity index (χ3n) is 3.16. The number of rotatable bonds is 4. The molecule has 0 aliphatic carbocycles. The monoisotopic (exact) mass is 279 g/mol. The van der Waals surface area contributed by atoms with Gasteiger partial charge in [-0.15, -0.1) is 0 Å². The number of aryl methyl sites for hydroxylation is 1. The molecule has 0 unspecified atom stereocenters. The van der Waals surface area contributed by atoms with Gasteiger partial charge < -0.3 is 5.32 Å². The molecule has 0 aliphatic rings. The lowest BCUT2D eigenvalue weighted by Crippen LogP contribution is -2.12. The molecule has 0 amide bonds. The fourth-order valence-electron chi connectivity index (χ4n) is 2.09. The van der Waals surface area contributed by atoms with E-state index in [1.54, 1.807) is 6.07 Å². The molecule has 0 saturated carbocycles. The standard InChI is InChI=1S/C16H16F3N/c1-3-20-9-11-5-4-10(2)8-13(11)12-6-7-14(17)16(19)15(12)18/h4-8,20H,3,9H2,1-2H3. The molecule has 1 N–H and O–H groups in total. The van der Waals surface area contributed by atoms with Crippen molar-refractivity contribution in [3.8, 4) is 11.1 Å². The van der Waals surface area contributed by atoms with E-state index >= 15 is 0 Å². The highest BCUT2D eigenvalue weighted by Gasteiger charge is 2.16. The number of nitrogens with one attached hydrogen (secondary N) is 1. The molecule has 0 saturated heterocycles. The van der Waals surface area contributed by atoms with E-state index in [4.69, 9.17) is 0 Å². The third kappa shape index (κ3) is 2.85. The summed E-state index contributed by atoms with van der Waals surface area (Å²) < 4.78 is 40.4. The maximum Gasteiger partial charge on any atom is 0.195 e. The maximum atomic E-state index is 13.9. The van der Waals surface area contributed by atoms with E-state index in [0.29, 0.717) is 12.1 Å². The van der Waals surface area contributed by atoms with E-state index in [-0.39, 0.29) is 5.56 Å². The van der Waals surface area contributed by atoms with Gasteiger partial charge in [-0.3, -0.25) is 0 Å². The molecule has 2 rings (SSSR count). The summed E-state index contributed by atoms with van der Waals surface area (Å²) in [6.07, 6.45) is 0. The summed E-state index contributed by atoms with van der Waals surface area (Å²) in [5.41, 5.74) is 2.45. The average molecular weight is 279 g/mol. The first-order chi connectivity index (χ1) is 9.54. The highest BCUT2D eigenvalue weighted by Crippen LogP contribution is 2.29. The van der Waals surface area contributed by atoms with Gasteiger partial charge in [-0.1, -0.05) is 30.7 Å². The number of benzene rings is 2. The van der Waals surface area contributed by atoms with Crippen LogP contribution in [0.2, 0.25) is 0 Å². The predicted octanol–water partition coefficient (Wildman–Crippen LogP) is 4.19. The van der Waals surface area contributed by atoms with Crippen molar-refractivity contribution in [1.29, 1.82) is 0 Å². The van der Waals surface area contributed by atoms with Gasteiger partial charge in [-0.05, 0) is 36.7 Å². The van der Waals surface area contributed by atoms with E-state index in [9.17, 15) is 13.2 Å². The summed E-state index contributed by atoms with van der Waals surface area (Å²) in [7, 11) is 0. The van der Waals surface area contributed by atoms with E-state index in [0.717, 1.165) is 23.7 Å². The normalized spacial score (nSPS) is 10.8. The van der Waals surface area contributed by atoms with Gasteiger partial charge in [0.1, 0.15) is 0 Å². The lowest BCUT2D eigenvalue weighted by atomic mass is 9.97. The minimum absolute atomic E-state index is 0.0838. The van der Waals surface area contributed by atoms with E-state index in [1.165, 1.54) is 6.07 Å². The van der Waals surface area contributed by atoms with Crippen LogP contribution in [0.15, 0.2) is 30.3 Å². The van der Waals surface area contributed by atoms with Crippen LogP contribution >= 0.6 is 0 Å². The van der Waals surface area contributed by atoms with Crippen LogP contribution in [0, 0.1) is 24.4 Å². The highest BCUT2D eigenvalue weighted by atomic mass is 19.2. The molecular weight excluding hydrogens is 263 g/mol. The van der Waals surface area contributed by atoms with Crippen molar-refractivity contribution in [2.75, 3.05) is 6.54 Å². The van der Waals surface area contributed by atoms with Crippen molar-refractivity contribution in [3.05, 3.63) is 58.9 Å². The molecule has 0 aromatic heterocycles. The van der Waals surface area contributed by atoms with Crippen LogP contribution in [0.4, 0.5) is 13.2 Å². The zero-order valence-corrected chi connectivity index (χ0v) is 11.4. The van der Waals surface area contributed by atoms with Crippen molar-refractivity contribution in [1.82, 2.24) is 5.32 Å². The van der Waals surface area contributed by atoms with E-state index < -0.39 is 17.5 Å². The quantitative estimate of drug-likeness (QED) is 0.827. The summed E-state index contributed by atoms with van der Waals surface area (Å²) in [6.45, 7) is 5.16. The van der Waals surface area contributed by atoms with E-state index in [2.05, 4.69) is 5.32 Å². The molecule has 2 aromatic rings. The molecule has 0 radical (unpaired) electrons. The molecule has 20 heavy (non-hydrogen) atoms. The molecule has 2 aromatic carbocycles. The Bertz CT molecular complexity index is 623. The Morgan fingerprint density at radius 3 is 2.40 bits per heavy atom. The van der Waals surface area contributed by atoms with Crippen LogP contribution in [-0.4, -0.2) is 6.54 Å². The zero-order valence-electron chi connectivity index (χ0n) is 11.4. The van der Waals surface area contributed by atoms with Gasteiger partial charge in [0.25, 0.3) is 0 Å². The number of hydrogen-bond acceptors (Lipinski definition) is 1. The van der Waals surface area contributed by atoms with Crippen molar-refractivity contribution >= 4 is 0 Å². The fourth-order valence-corrected chi connectivity index (χ4v) is 2.09. The Morgan fingerprint density at radius 1 is 0.950 bits per heavy atom. The minimum atomic E-state index is -1.43. The Hall–Kier alpha value is -1.81. The first-order valence-corrected chi connectivity index (χ1v) is 6.48. The molecule has 4 heteroatoms. The molecule has 0 heterocycles. The molecule has 0 spiro atoms. The molecule has 0 fully saturated rings. The summed E-state index contributed by atoms with van der Waals surface area (Å²) >= 11 is 0. The van der Waals surface area contributed by atoms with Crippen LogP contribution in [-0.2, 0) is 6.54 Å². The van der Waals surface area contributed by atoms with Crippen LogP contribution in [0.1, 0.15) is 18.1 Å². The molecule has 1 nitrogen and oxygen atoms in total. The summed E-state index contributed by atoms with van der Waals surface area (Å²) in [6, 6.07) is 7.79. The topological polar surface area (TPSA) is 12.0 Å². The van der Waals surface area contributed by atoms with Crippen molar-refractivity contribution < 1.29 is 13.2 Å². The largest absolute Gasteiger partial charge is 0.313 e. The van der Waals surface area contributed by atoms with E-state index in [1.807, 2.05) is 26.0 Å². The Kier molecular flexibility index (Phi) is 4.45. The lowest BCUT2D eigenvalue weighted by Gasteiger charge is -2.13. The van der Waals surface area contributed by atoms with Crippen LogP contribution < -0.4 is 5.32 Å². The fraction of sp³-hybridized carbons (Fsp3) is 0.250. The van der Waals surface area contributed by atoms with Gasteiger partial charge in [-0.2, -0.15) is 0 Å². The van der Waals surface area contributed by atoms with Crippen LogP contribution in [0.25, 0.3) is 11.1 Å². The van der Waals surface area contributed by atoms with Crippen molar-refractivity contribution in [2.45, 2.75) is 20.4 Å². The first-order valence-electron chi connectivity index (χ1n) is 6.48. The second kappa shape index (κ2) is 6.09. The highest BCUT2D eigenvalue weighted by molar-refractivity contribution is 5.69. The predicted molar refractivity (Wildman–Crippen MR) is 73.9 cm³/mol. The van der Waals surface area contributed by atoms with Gasteiger partial charge in [0.05, 0.1) is 0 Å². The summed E-state index contributed by atoms with van der Waals surface area (Å²) in [5, 5.41) is 3.15. The lowest BCUT2D eigenvalue weighted by molar-refractivity contribution is 0.449. The van der Waals surface area contributed by atoms with Crippen molar-refractivity contribution in [2.24, 2.45) is 0 Å². The second-order valence-corrected chi connectivity index (χ2v) is 4.66. The third-order valence-corrected chi connectivity index (χ3v) is 3.16. The van der Waals surface area contributed by atoms with Gasteiger partial charge in [-0.25, -0.2) is 13.2 Å². The van der Waals surface area contributed by atoms with Gasteiger partial charge in [0.2, 0.25) is 0 Å². The van der Waals surface area contributed by atoms with Gasteiger partial charge in [0.15, 0.2) is 17.5 Å². The summed E-state index contributed by atoms with van der Waals surface area (Å²) in [5.74, 6) is -3.75. The van der Waals surface area contributed by atoms with Gasteiger partial charge >= 0.3 is 0 Å². The first kappa shape index (κ1) is 14.6. The van der Waals surface area contributed by atoms with Gasteiger partial charge in [0, 0.05) is 12.1 Å². The minimum Gasteiger partial charge on any atom is -0.313 e. The average Bonchev–Trinajstić information content (AvgIpc) is 2.44. The molecule has 106 valence electrons. The maximum absolute atomic E-state index is 13.9. The molecule has 0 bridgehead atoms. The van der Waals surface area contributed by atoms with Crippen LogP contribution in [0.5, 0.6) is 0 Å². The van der Waals surface area contributed by atoms with Crippen LogP contribution in [0.3, 0.4) is 0 Å². The Morgan fingerprint density at radius 2 is 1.70 bits per heavy atom. The Balaban J connectivity index is 2.56. The zero-order chi connectivity index (χ0) is 14.7. The SMILES string of the molecule is CCNCc1ccc(C)cc1-c1ccc(F)c(F)c1F.